The Kier molecular flexibility index (Phi) is 10.6. The molecule has 0 unspecified atom stereocenters. The first kappa shape index (κ1) is 36.8. The Balaban J connectivity index is 0.000000186. The zero-order chi connectivity index (χ0) is 35.9. The van der Waals surface area contributed by atoms with Gasteiger partial charge in [-0.3, -0.25) is 0 Å². The molecule has 1 radical (unpaired) electrons. The van der Waals surface area contributed by atoms with Crippen molar-refractivity contribution in [3.63, 3.8) is 0 Å². The van der Waals surface area contributed by atoms with Crippen LogP contribution in [0.15, 0.2) is 108 Å². The molecule has 0 bridgehead atoms. The molecule has 0 aliphatic heterocycles. The molecule has 5 heteroatoms. The van der Waals surface area contributed by atoms with Crippen molar-refractivity contribution in [1.29, 1.82) is 0 Å². The second-order valence-corrected chi connectivity index (χ2v) is 14.9. The SMILES string of the molecule is Cc1ccc2ccc3c4cc[c-]c(-c5cc(CC(C)(C)C)c(C)cn5)c4oc3c2n1.Cc1cnc(-c2[c-]cc(C)c(-c3ccccc3)c2)cc1C.[Ir]. The smallest absolute Gasteiger partial charge is 0.147 e. The Morgan fingerprint density at radius 1 is 0.673 bits per heavy atom. The van der Waals surface area contributed by atoms with Crippen LogP contribution in [0.25, 0.3) is 66.5 Å². The average Bonchev–Trinajstić information content (AvgIpc) is 3.50. The van der Waals surface area contributed by atoms with Gasteiger partial charge in [0.2, 0.25) is 0 Å². The summed E-state index contributed by atoms with van der Waals surface area (Å²) < 4.78 is 6.44. The summed E-state index contributed by atoms with van der Waals surface area (Å²) in [6.07, 6.45) is 4.89. The summed E-state index contributed by atoms with van der Waals surface area (Å²) in [5.74, 6) is 0. The molecule has 0 saturated heterocycles. The van der Waals surface area contributed by atoms with Crippen LogP contribution in [0.2, 0.25) is 0 Å². The Morgan fingerprint density at radius 3 is 2.13 bits per heavy atom. The van der Waals surface area contributed by atoms with Gasteiger partial charge in [0.25, 0.3) is 0 Å². The third-order valence-electron chi connectivity index (χ3n) is 9.48. The second kappa shape index (κ2) is 14.9. The van der Waals surface area contributed by atoms with Gasteiger partial charge < -0.3 is 14.4 Å². The van der Waals surface area contributed by atoms with Crippen LogP contribution in [0.4, 0.5) is 0 Å². The molecule has 0 aliphatic rings. The first-order valence-electron chi connectivity index (χ1n) is 17.6. The number of nitrogens with zero attached hydrogens (tertiary/aromatic N) is 3. The number of aryl methyl sites for hydroxylation is 5. The van der Waals surface area contributed by atoms with E-state index in [4.69, 9.17) is 14.4 Å². The number of benzene rings is 4. The molecule has 4 aromatic heterocycles. The van der Waals surface area contributed by atoms with E-state index in [0.717, 1.165) is 67.5 Å². The molecule has 0 atom stereocenters. The fourth-order valence-corrected chi connectivity index (χ4v) is 6.55. The molecule has 0 N–H and O–H groups in total. The van der Waals surface area contributed by atoms with Crippen molar-refractivity contribution in [2.24, 2.45) is 5.41 Å². The van der Waals surface area contributed by atoms with E-state index < -0.39 is 0 Å². The van der Waals surface area contributed by atoms with Gasteiger partial charge in [-0.25, -0.2) is 4.98 Å². The van der Waals surface area contributed by atoms with E-state index >= 15 is 0 Å². The third kappa shape index (κ3) is 7.62. The molecular weight excluding hydrogens is 815 g/mol. The van der Waals surface area contributed by atoms with Gasteiger partial charge in [0.05, 0.1) is 5.58 Å². The number of aromatic nitrogens is 3. The molecule has 8 rings (SSSR count). The van der Waals surface area contributed by atoms with Crippen LogP contribution in [0.3, 0.4) is 0 Å². The largest absolute Gasteiger partial charge is 0.498 e. The maximum Gasteiger partial charge on any atom is 0.147 e. The number of pyridine rings is 3. The standard InChI is InChI=1S/C27H25N2O.C20H18N.Ir/c1-16-15-28-23(13-19(16)14-27(3,4)5)22-8-6-7-20-21-12-11-18-10-9-17(2)29-24(18)26(21)30-25(20)22;1-14-9-10-18(20-11-15(2)16(3)13-21-20)12-19(14)17-7-5-4-6-8-17;/h6-7,9-13,15H,14H2,1-5H3;4-9,11-13H,1-3H3;/q2*-1;. The zero-order valence-electron chi connectivity index (χ0n) is 31.1. The molecule has 4 heterocycles. The van der Waals surface area contributed by atoms with Gasteiger partial charge in [-0.15, -0.1) is 47.5 Å². The predicted octanol–water partition coefficient (Wildman–Crippen LogP) is 12.3. The molecule has 4 nitrogen and oxygen atoms in total. The zero-order valence-corrected chi connectivity index (χ0v) is 33.5. The van der Waals surface area contributed by atoms with Crippen LogP contribution < -0.4 is 0 Å². The molecule has 0 amide bonds. The number of hydrogen-bond acceptors (Lipinski definition) is 4. The van der Waals surface area contributed by atoms with Gasteiger partial charge in [0.15, 0.2) is 0 Å². The van der Waals surface area contributed by atoms with E-state index in [0.29, 0.717) is 0 Å². The minimum Gasteiger partial charge on any atom is -0.498 e. The Hall–Kier alpha value is -4.96. The molecular formula is C47H43IrN3O-2. The first-order chi connectivity index (χ1) is 24.4. The fraction of sp³-hybridized carbons (Fsp3) is 0.213. The van der Waals surface area contributed by atoms with Crippen LogP contribution in [0.5, 0.6) is 0 Å². The summed E-state index contributed by atoms with van der Waals surface area (Å²) in [6.45, 7) is 17.2. The minimum atomic E-state index is 0. The van der Waals surface area contributed by atoms with E-state index in [2.05, 4.69) is 138 Å². The number of fused-ring (bicyclic) bond motifs is 5. The normalized spacial score (nSPS) is 11.4. The maximum absolute atomic E-state index is 6.44. The van der Waals surface area contributed by atoms with Gasteiger partial charge >= 0.3 is 0 Å². The first-order valence-corrected chi connectivity index (χ1v) is 17.6. The Bertz CT molecular complexity index is 2540. The van der Waals surface area contributed by atoms with Crippen LogP contribution >= 0.6 is 0 Å². The summed E-state index contributed by atoms with van der Waals surface area (Å²) in [5, 5.41) is 3.23. The van der Waals surface area contributed by atoms with Crippen LogP contribution in [-0.4, -0.2) is 15.0 Å². The molecule has 0 aliphatic carbocycles. The van der Waals surface area contributed by atoms with Crippen LogP contribution in [-0.2, 0) is 26.5 Å². The Labute approximate surface area is 320 Å². The van der Waals surface area contributed by atoms with Gasteiger partial charge in [-0.2, -0.15) is 0 Å². The third-order valence-corrected chi connectivity index (χ3v) is 9.48. The fourth-order valence-electron chi connectivity index (χ4n) is 6.55. The van der Waals surface area contributed by atoms with E-state index in [1.807, 2.05) is 37.5 Å². The van der Waals surface area contributed by atoms with E-state index in [1.165, 1.54) is 38.9 Å². The monoisotopic (exact) mass is 858 g/mol. The molecule has 0 spiro atoms. The second-order valence-electron chi connectivity index (χ2n) is 14.9. The molecule has 4 aromatic carbocycles. The summed E-state index contributed by atoms with van der Waals surface area (Å²) in [6, 6.07) is 38.1. The van der Waals surface area contributed by atoms with E-state index in [9.17, 15) is 0 Å². The van der Waals surface area contributed by atoms with Crippen molar-refractivity contribution in [2.75, 3.05) is 0 Å². The molecule has 52 heavy (non-hydrogen) atoms. The van der Waals surface area contributed by atoms with Crippen molar-refractivity contribution < 1.29 is 24.5 Å². The predicted molar refractivity (Wildman–Crippen MR) is 212 cm³/mol. The Morgan fingerprint density at radius 2 is 1.38 bits per heavy atom. The van der Waals surface area contributed by atoms with Gasteiger partial charge in [0, 0.05) is 49.0 Å². The van der Waals surface area contributed by atoms with Crippen molar-refractivity contribution in [1.82, 2.24) is 15.0 Å². The minimum absolute atomic E-state index is 0. The number of furan rings is 1. The molecule has 8 aromatic rings. The van der Waals surface area contributed by atoms with Crippen LogP contribution in [0, 0.1) is 52.2 Å². The topological polar surface area (TPSA) is 51.8 Å². The van der Waals surface area contributed by atoms with Crippen LogP contribution in [0.1, 0.15) is 54.3 Å². The van der Waals surface area contributed by atoms with Crippen molar-refractivity contribution in [3.05, 3.63) is 149 Å². The summed E-state index contributed by atoms with van der Waals surface area (Å²) in [4.78, 5) is 14.0. The van der Waals surface area contributed by atoms with Gasteiger partial charge in [-0.05, 0) is 73.7 Å². The molecule has 0 saturated carbocycles. The van der Waals surface area contributed by atoms with Crippen molar-refractivity contribution >= 4 is 32.8 Å². The summed E-state index contributed by atoms with van der Waals surface area (Å²) in [5.41, 5.74) is 16.3. The van der Waals surface area contributed by atoms with E-state index in [1.54, 1.807) is 0 Å². The quantitative estimate of drug-likeness (QED) is 0.165. The van der Waals surface area contributed by atoms with E-state index in [-0.39, 0.29) is 25.5 Å². The number of rotatable bonds is 4. The summed E-state index contributed by atoms with van der Waals surface area (Å²) in [7, 11) is 0. The summed E-state index contributed by atoms with van der Waals surface area (Å²) >= 11 is 0. The maximum atomic E-state index is 6.44. The number of hydrogen-bond donors (Lipinski definition) is 0. The average molecular weight is 858 g/mol. The van der Waals surface area contributed by atoms with Gasteiger partial charge in [-0.1, -0.05) is 116 Å². The molecule has 263 valence electrons. The van der Waals surface area contributed by atoms with Gasteiger partial charge in [0.1, 0.15) is 11.1 Å². The molecule has 0 fully saturated rings. The van der Waals surface area contributed by atoms with Crippen molar-refractivity contribution in [2.45, 2.75) is 61.8 Å². The van der Waals surface area contributed by atoms with Crippen molar-refractivity contribution in [3.8, 4) is 33.6 Å².